The van der Waals surface area contributed by atoms with Crippen LogP contribution in [0.2, 0.25) is 0 Å². The summed E-state index contributed by atoms with van der Waals surface area (Å²) >= 11 is 0. The molecular weight excluding hydrogens is 283 g/mol. The summed E-state index contributed by atoms with van der Waals surface area (Å²) in [5, 5.41) is 11.8. The number of benzene rings is 2. The number of nitrogens with one attached hydrogen (secondary N) is 1. The Morgan fingerprint density at radius 1 is 1.10 bits per heavy atom. The van der Waals surface area contributed by atoms with Crippen LogP contribution in [0.5, 0.6) is 0 Å². The van der Waals surface area contributed by atoms with Crippen LogP contribution in [0.4, 0.5) is 18.9 Å². The molecule has 0 aliphatic heterocycles. The molecule has 0 amide bonds. The van der Waals surface area contributed by atoms with Crippen molar-refractivity contribution in [2.24, 2.45) is 0 Å². The predicted molar refractivity (Wildman–Crippen MR) is 71.5 cm³/mol. The van der Waals surface area contributed by atoms with E-state index in [4.69, 9.17) is 0 Å². The lowest BCUT2D eigenvalue weighted by Crippen LogP contribution is -2.22. The molecule has 0 aromatic heterocycles. The number of halogens is 3. The Balaban J connectivity index is 2.40. The Bertz CT molecular complexity index is 689. The van der Waals surface area contributed by atoms with Gasteiger partial charge in [-0.25, -0.2) is 18.0 Å². The van der Waals surface area contributed by atoms with Gasteiger partial charge < -0.3 is 10.4 Å². The maximum absolute atomic E-state index is 13.7. The molecule has 2 N–H and O–H groups in total. The highest BCUT2D eigenvalue weighted by Gasteiger charge is 2.25. The Morgan fingerprint density at radius 2 is 1.76 bits per heavy atom. The number of hydrogen-bond acceptors (Lipinski definition) is 2. The lowest BCUT2D eigenvalue weighted by Gasteiger charge is -2.17. The summed E-state index contributed by atoms with van der Waals surface area (Å²) in [7, 11) is 0. The van der Waals surface area contributed by atoms with E-state index in [1.54, 1.807) is 31.2 Å². The van der Waals surface area contributed by atoms with Gasteiger partial charge in [0.2, 0.25) is 0 Å². The maximum atomic E-state index is 13.7. The van der Waals surface area contributed by atoms with E-state index in [2.05, 4.69) is 5.32 Å². The van der Waals surface area contributed by atoms with Crippen LogP contribution in [0.25, 0.3) is 0 Å². The second-order valence-electron chi connectivity index (χ2n) is 4.57. The number of rotatable bonds is 4. The predicted octanol–water partition coefficient (Wildman–Crippen LogP) is 3.65. The summed E-state index contributed by atoms with van der Waals surface area (Å²) < 4.78 is 39.9. The summed E-state index contributed by atoms with van der Waals surface area (Å²) in [6.07, 6.45) is 0. The van der Waals surface area contributed by atoms with Crippen LogP contribution in [0, 0.1) is 24.4 Å². The van der Waals surface area contributed by atoms with Crippen LogP contribution in [-0.4, -0.2) is 11.1 Å². The van der Waals surface area contributed by atoms with Crippen molar-refractivity contribution in [2.45, 2.75) is 13.0 Å². The summed E-state index contributed by atoms with van der Waals surface area (Å²) in [4.78, 5) is 11.3. The van der Waals surface area contributed by atoms with E-state index in [1.807, 2.05) is 0 Å². The first-order valence-corrected chi connectivity index (χ1v) is 6.09. The minimum atomic E-state index is -1.53. The van der Waals surface area contributed by atoms with Crippen molar-refractivity contribution >= 4 is 11.7 Å². The van der Waals surface area contributed by atoms with Crippen LogP contribution < -0.4 is 5.32 Å². The lowest BCUT2D eigenvalue weighted by molar-refractivity contribution is -0.138. The average molecular weight is 295 g/mol. The molecule has 0 saturated heterocycles. The van der Waals surface area contributed by atoms with Gasteiger partial charge in [-0.1, -0.05) is 12.1 Å². The number of carboxylic acid groups (broad SMARTS) is 1. The smallest absolute Gasteiger partial charge is 0.330 e. The monoisotopic (exact) mass is 295 g/mol. The standard InChI is InChI=1S/C15H12F3NO2/c1-8-3-2-4-9(5-8)19-14(15(20)21)10-6-12(17)13(18)7-11(10)16/h2-7,14,19H,1H3,(H,20,21). The SMILES string of the molecule is Cc1cccc(NC(C(=O)O)c2cc(F)c(F)cc2F)c1. The molecule has 0 fully saturated rings. The molecule has 110 valence electrons. The minimum Gasteiger partial charge on any atom is -0.479 e. The fourth-order valence-corrected chi connectivity index (χ4v) is 1.93. The Hall–Kier alpha value is -2.50. The highest BCUT2D eigenvalue weighted by molar-refractivity contribution is 5.79. The zero-order valence-electron chi connectivity index (χ0n) is 11.0. The third-order valence-corrected chi connectivity index (χ3v) is 2.93. The van der Waals surface area contributed by atoms with Gasteiger partial charge in [-0.05, 0) is 30.7 Å². The molecule has 0 aliphatic carbocycles. The van der Waals surface area contributed by atoms with Crippen molar-refractivity contribution in [3.63, 3.8) is 0 Å². The van der Waals surface area contributed by atoms with Gasteiger partial charge in [-0.2, -0.15) is 0 Å². The first-order chi connectivity index (χ1) is 9.88. The summed E-state index contributed by atoms with van der Waals surface area (Å²) in [6, 6.07) is 6.11. The van der Waals surface area contributed by atoms with Crippen molar-refractivity contribution in [1.82, 2.24) is 0 Å². The van der Waals surface area contributed by atoms with Gasteiger partial charge in [-0.3, -0.25) is 0 Å². The molecule has 0 heterocycles. The highest BCUT2D eigenvalue weighted by atomic mass is 19.2. The highest BCUT2D eigenvalue weighted by Crippen LogP contribution is 2.25. The first-order valence-electron chi connectivity index (χ1n) is 6.09. The van der Waals surface area contributed by atoms with Gasteiger partial charge in [-0.15, -0.1) is 0 Å². The Labute approximate surface area is 119 Å². The van der Waals surface area contributed by atoms with Gasteiger partial charge in [0.1, 0.15) is 5.82 Å². The zero-order valence-corrected chi connectivity index (χ0v) is 11.0. The molecule has 0 bridgehead atoms. The van der Waals surface area contributed by atoms with E-state index in [-0.39, 0.29) is 0 Å². The molecule has 1 unspecified atom stereocenters. The Kier molecular flexibility index (Phi) is 4.16. The first kappa shape index (κ1) is 14.9. The fraction of sp³-hybridized carbons (Fsp3) is 0.133. The van der Waals surface area contributed by atoms with Crippen molar-refractivity contribution < 1.29 is 23.1 Å². The topological polar surface area (TPSA) is 49.3 Å². The second kappa shape index (κ2) is 5.87. The van der Waals surface area contributed by atoms with E-state index >= 15 is 0 Å². The molecule has 0 spiro atoms. The van der Waals surface area contributed by atoms with Crippen LogP contribution in [0.3, 0.4) is 0 Å². The van der Waals surface area contributed by atoms with Crippen molar-refractivity contribution in [3.8, 4) is 0 Å². The van der Waals surface area contributed by atoms with E-state index in [1.165, 1.54) is 0 Å². The molecule has 0 saturated carbocycles. The Morgan fingerprint density at radius 3 is 2.38 bits per heavy atom. The number of aliphatic carboxylic acids is 1. The average Bonchev–Trinajstić information content (AvgIpc) is 2.40. The van der Waals surface area contributed by atoms with Crippen molar-refractivity contribution in [2.75, 3.05) is 5.32 Å². The molecule has 0 aliphatic rings. The molecule has 1 atom stereocenters. The van der Waals surface area contributed by atoms with Crippen LogP contribution >= 0.6 is 0 Å². The van der Waals surface area contributed by atoms with Gasteiger partial charge in [0.25, 0.3) is 0 Å². The normalized spacial score (nSPS) is 12.0. The molecule has 0 radical (unpaired) electrons. The number of carboxylic acids is 1. The van der Waals surface area contributed by atoms with E-state index in [9.17, 15) is 23.1 Å². The fourth-order valence-electron chi connectivity index (χ4n) is 1.93. The van der Waals surface area contributed by atoms with Crippen molar-refractivity contribution in [1.29, 1.82) is 0 Å². The molecule has 2 aromatic carbocycles. The molecule has 2 rings (SSSR count). The van der Waals surface area contributed by atoms with Gasteiger partial charge in [0, 0.05) is 17.3 Å². The molecular formula is C15H12F3NO2. The number of carbonyl (C=O) groups is 1. The van der Waals surface area contributed by atoms with Crippen LogP contribution in [0.1, 0.15) is 17.2 Å². The summed E-state index contributed by atoms with van der Waals surface area (Å²) in [6.45, 7) is 1.80. The maximum Gasteiger partial charge on any atom is 0.330 e. The van der Waals surface area contributed by atoms with Gasteiger partial charge >= 0.3 is 5.97 Å². The van der Waals surface area contributed by atoms with Gasteiger partial charge in [0.05, 0.1) is 0 Å². The van der Waals surface area contributed by atoms with Crippen LogP contribution in [-0.2, 0) is 4.79 Å². The second-order valence-corrected chi connectivity index (χ2v) is 4.57. The van der Waals surface area contributed by atoms with E-state index in [0.717, 1.165) is 5.56 Å². The van der Waals surface area contributed by atoms with E-state index < -0.39 is 35.0 Å². The summed E-state index contributed by atoms with van der Waals surface area (Å²) in [5.41, 5.74) is 0.837. The zero-order chi connectivity index (χ0) is 15.6. The number of hydrogen-bond donors (Lipinski definition) is 2. The lowest BCUT2D eigenvalue weighted by atomic mass is 10.0. The third-order valence-electron chi connectivity index (χ3n) is 2.93. The minimum absolute atomic E-state index is 0.332. The molecule has 3 nitrogen and oxygen atoms in total. The van der Waals surface area contributed by atoms with Gasteiger partial charge in [0.15, 0.2) is 17.7 Å². The molecule has 21 heavy (non-hydrogen) atoms. The molecule has 2 aromatic rings. The summed E-state index contributed by atoms with van der Waals surface area (Å²) in [5.74, 6) is -5.19. The van der Waals surface area contributed by atoms with Crippen LogP contribution in [0.15, 0.2) is 36.4 Å². The number of anilines is 1. The number of aryl methyl sites for hydroxylation is 1. The largest absolute Gasteiger partial charge is 0.479 e. The quantitative estimate of drug-likeness (QED) is 0.846. The molecule has 6 heteroatoms. The van der Waals surface area contributed by atoms with E-state index in [0.29, 0.717) is 17.8 Å². The van der Waals surface area contributed by atoms with Crippen molar-refractivity contribution in [3.05, 3.63) is 65.0 Å². The third kappa shape index (κ3) is 3.34.